The number of hydrogen-bond acceptors (Lipinski definition) is 1. The Balaban J connectivity index is 2.15. The predicted octanol–water partition coefficient (Wildman–Crippen LogP) is 3.38. The van der Waals surface area contributed by atoms with Gasteiger partial charge in [-0.25, -0.2) is 0 Å². The predicted molar refractivity (Wildman–Crippen MR) is 64.9 cm³/mol. The van der Waals surface area contributed by atoms with Gasteiger partial charge in [-0.05, 0) is 23.1 Å². The molecule has 1 aromatic carbocycles. The van der Waals surface area contributed by atoms with Gasteiger partial charge in [-0.3, -0.25) is 4.79 Å². The summed E-state index contributed by atoms with van der Waals surface area (Å²) in [4.78, 5) is 11.9. The Hall–Kier alpha value is -1.63. The first kappa shape index (κ1) is 9.59. The summed E-state index contributed by atoms with van der Waals surface area (Å²) in [5.41, 5.74) is 4.73. The SMILES string of the molecule is CC1C2=CCCC(=O)C2=C1c1ccccc1. The molecule has 0 N–H and O–H groups in total. The summed E-state index contributed by atoms with van der Waals surface area (Å²) >= 11 is 0. The van der Waals surface area contributed by atoms with E-state index in [1.54, 1.807) is 0 Å². The molecule has 1 unspecified atom stereocenters. The molecule has 1 aromatic rings. The van der Waals surface area contributed by atoms with Crippen LogP contribution in [0.4, 0.5) is 0 Å². The number of hydrogen-bond donors (Lipinski definition) is 0. The molecule has 1 atom stereocenters. The van der Waals surface area contributed by atoms with E-state index in [1.165, 1.54) is 16.7 Å². The third-order valence-corrected chi connectivity index (χ3v) is 3.56. The van der Waals surface area contributed by atoms with E-state index in [0.29, 0.717) is 18.1 Å². The van der Waals surface area contributed by atoms with E-state index in [2.05, 4.69) is 25.1 Å². The molecule has 0 aliphatic heterocycles. The summed E-state index contributed by atoms with van der Waals surface area (Å²) < 4.78 is 0. The number of ketones is 1. The maximum Gasteiger partial charge on any atom is 0.163 e. The lowest BCUT2D eigenvalue weighted by Gasteiger charge is -2.36. The number of Topliss-reactive ketones (excluding diaryl/α,β-unsaturated/α-hetero) is 1. The van der Waals surface area contributed by atoms with Gasteiger partial charge in [-0.15, -0.1) is 0 Å². The highest BCUT2D eigenvalue weighted by atomic mass is 16.1. The maximum atomic E-state index is 11.9. The molecule has 0 heterocycles. The fourth-order valence-electron chi connectivity index (χ4n) is 2.75. The van der Waals surface area contributed by atoms with E-state index < -0.39 is 0 Å². The third kappa shape index (κ3) is 1.21. The number of rotatable bonds is 1. The van der Waals surface area contributed by atoms with Crippen LogP contribution < -0.4 is 0 Å². The van der Waals surface area contributed by atoms with E-state index in [-0.39, 0.29) is 0 Å². The molecule has 2 aliphatic carbocycles. The minimum atomic E-state index is 0.328. The van der Waals surface area contributed by atoms with Crippen molar-refractivity contribution in [2.24, 2.45) is 5.92 Å². The molecule has 0 radical (unpaired) electrons. The lowest BCUT2D eigenvalue weighted by Crippen LogP contribution is -2.26. The molecule has 80 valence electrons. The number of carbonyl (C=O) groups excluding carboxylic acids is 1. The third-order valence-electron chi connectivity index (χ3n) is 3.56. The van der Waals surface area contributed by atoms with Crippen LogP contribution in [0.25, 0.3) is 5.57 Å². The Labute approximate surface area is 95.5 Å². The van der Waals surface area contributed by atoms with Gasteiger partial charge in [0.15, 0.2) is 5.78 Å². The smallest absolute Gasteiger partial charge is 0.163 e. The fraction of sp³-hybridized carbons (Fsp3) is 0.267. The quantitative estimate of drug-likeness (QED) is 0.694. The number of benzene rings is 1. The lowest BCUT2D eigenvalue weighted by atomic mass is 9.66. The van der Waals surface area contributed by atoms with Crippen LogP contribution in [-0.2, 0) is 4.79 Å². The first-order valence-electron chi connectivity index (χ1n) is 5.82. The van der Waals surface area contributed by atoms with Gasteiger partial charge in [0, 0.05) is 17.9 Å². The number of allylic oxidation sites excluding steroid dienone is 4. The molecule has 0 fully saturated rings. The molecule has 1 nitrogen and oxygen atoms in total. The van der Waals surface area contributed by atoms with Crippen LogP contribution in [0.2, 0.25) is 0 Å². The second kappa shape index (κ2) is 3.44. The fourth-order valence-corrected chi connectivity index (χ4v) is 2.75. The van der Waals surface area contributed by atoms with E-state index in [1.807, 2.05) is 18.2 Å². The lowest BCUT2D eigenvalue weighted by molar-refractivity contribution is -0.115. The summed E-state index contributed by atoms with van der Waals surface area (Å²) in [6, 6.07) is 10.3. The van der Waals surface area contributed by atoms with Gasteiger partial charge in [0.05, 0.1) is 0 Å². The summed E-state index contributed by atoms with van der Waals surface area (Å²) in [7, 11) is 0. The van der Waals surface area contributed by atoms with E-state index in [0.717, 1.165) is 12.0 Å². The first-order chi connectivity index (χ1) is 7.79. The van der Waals surface area contributed by atoms with Crippen molar-refractivity contribution in [2.45, 2.75) is 19.8 Å². The van der Waals surface area contributed by atoms with Crippen LogP contribution in [-0.4, -0.2) is 5.78 Å². The van der Waals surface area contributed by atoms with Crippen molar-refractivity contribution < 1.29 is 4.79 Å². The minimum Gasteiger partial charge on any atom is -0.294 e. The molecular weight excluding hydrogens is 196 g/mol. The maximum absolute atomic E-state index is 11.9. The molecule has 0 saturated heterocycles. The normalized spacial score (nSPS) is 23.7. The van der Waals surface area contributed by atoms with Crippen LogP contribution in [0.1, 0.15) is 25.3 Å². The largest absolute Gasteiger partial charge is 0.294 e. The average molecular weight is 210 g/mol. The number of carbonyl (C=O) groups is 1. The number of fused-ring (bicyclic) bond motifs is 1. The van der Waals surface area contributed by atoms with Crippen molar-refractivity contribution in [1.29, 1.82) is 0 Å². The first-order valence-corrected chi connectivity index (χ1v) is 5.82. The van der Waals surface area contributed by atoms with Crippen molar-refractivity contribution in [1.82, 2.24) is 0 Å². The molecule has 0 spiro atoms. The molecule has 2 aliphatic rings. The summed E-state index contributed by atoms with van der Waals surface area (Å²) in [5.74, 6) is 0.760. The highest BCUT2D eigenvalue weighted by Crippen LogP contribution is 2.48. The summed E-state index contributed by atoms with van der Waals surface area (Å²) in [5, 5.41) is 0. The topological polar surface area (TPSA) is 17.1 Å². The molecule has 0 aromatic heterocycles. The molecule has 1 heteroatoms. The molecule has 0 amide bonds. The Bertz CT molecular complexity index is 505. The molecule has 0 saturated carbocycles. The van der Waals surface area contributed by atoms with Crippen LogP contribution >= 0.6 is 0 Å². The second-order valence-corrected chi connectivity index (χ2v) is 4.50. The standard InChI is InChI=1S/C15H14O/c1-10-12-8-5-9-13(16)15(12)14(10)11-6-3-2-4-7-11/h2-4,6-8,10H,5,9H2,1H3. The Morgan fingerprint density at radius 2 is 1.94 bits per heavy atom. The Morgan fingerprint density at radius 3 is 2.69 bits per heavy atom. The zero-order valence-electron chi connectivity index (χ0n) is 9.36. The van der Waals surface area contributed by atoms with E-state index in [4.69, 9.17) is 0 Å². The zero-order valence-corrected chi connectivity index (χ0v) is 9.36. The van der Waals surface area contributed by atoms with Crippen LogP contribution in [0.3, 0.4) is 0 Å². The van der Waals surface area contributed by atoms with Gasteiger partial charge >= 0.3 is 0 Å². The van der Waals surface area contributed by atoms with Crippen LogP contribution in [0, 0.1) is 5.92 Å². The highest BCUT2D eigenvalue weighted by Gasteiger charge is 2.37. The summed E-state index contributed by atoms with van der Waals surface area (Å²) in [6.45, 7) is 2.19. The molecule has 0 bridgehead atoms. The Kier molecular flexibility index (Phi) is 2.06. The van der Waals surface area contributed by atoms with Crippen molar-refractivity contribution in [3.63, 3.8) is 0 Å². The Morgan fingerprint density at radius 1 is 1.19 bits per heavy atom. The van der Waals surface area contributed by atoms with Gasteiger partial charge in [0.25, 0.3) is 0 Å². The van der Waals surface area contributed by atoms with Gasteiger partial charge < -0.3 is 0 Å². The van der Waals surface area contributed by atoms with E-state index >= 15 is 0 Å². The van der Waals surface area contributed by atoms with Crippen molar-refractivity contribution in [3.8, 4) is 0 Å². The van der Waals surface area contributed by atoms with Crippen molar-refractivity contribution >= 4 is 11.4 Å². The molecular formula is C15H14O. The van der Waals surface area contributed by atoms with Crippen molar-refractivity contribution in [2.75, 3.05) is 0 Å². The van der Waals surface area contributed by atoms with Crippen molar-refractivity contribution in [3.05, 3.63) is 53.1 Å². The highest BCUT2D eigenvalue weighted by molar-refractivity contribution is 6.13. The average Bonchev–Trinajstić information content (AvgIpc) is 2.31. The van der Waals surface area contributed by atoms with Gasteiger partial charge in [0.1, 0.15) is 0 Å². The van der Waals surface area contributed by atoms with Crippen LogP contribution in [0.5, 0.6) is 0 Å². The zero-order chi connectivity index (χ0) is 11.1. The summed E-state index contributed by atoms with van der Waals surface area (Å²) in [6.07, 6.45) is 3.83. The monoisotopic (exact) mass is 210 g/mol. The minimum absolute atomic E-state index is 0.328. The van der Waals surface area contributed by atoms with Gasteiger partial charge in [-0.1, -0.05) is 43.3 Å². The van der Waals surface area contributed by atoms with E-state index in [9.17, 15) is 4.79 Å². The van der Waals surface area contributed by atoms with Crippen LogP contribution in [0.15, 0.2) is 47.6 Å². The van der Waals surface area contributed by atoms with Gasteiger partial charge in [-0.2, -0.15) is 0 Å². The molecule has 16 heavy (non-hydrogen) atoms. The molecule has 3 rings (SSSR count). The van der Waals surface area contributed by atoms with Gasteiger partial charge in [0.2, 0.25) is 0 Å². The second-order valence-electron chi connectivity index (χ2n) is 4.50.